The summed E-state index contributed by atoms with van der Waals surface area (Å²) in [5.74, 6) is 0.197. The number of thioether (sulfide) groups is 1. The van der Waals surface area contributed by atoms with Gasteiger partial charge < -0.3 is 5.32 Å². The summed E-state index contributed by atoms with van der Waals surface area (Å²) < 4.78 is 0. The van der Waals surface area contributed by atoms with Gasteiger partial charge in [-0.3, -0.25) is 9.59 Å². The minimum atomic E-state index is -0.626. The van der Waals surface area contributed by atoms with E-state index in [4.69, 9.17) is 0 Å². The van der Waals surface area contributed by atoms with Crippen LogP contribution < -0.4 is 10.7 Å². The van der Waals surface area contributed by atoms with E-state index in [1.165, 1.54) is 0 Å². The molecule has 2 aromatic carbocycles. The smallest absolute Gasteiger partial charge is 0.262 e. The van der Waals surface area contributed by atoms with Gasteiger partial charge in [0.25, 0.3) is 11.8 Å². The van der Waals surface area contributed by atoms with Crippen LogP contribution in [0, 0.1) is 0 Å². The largest absolute Gasteiger partial charge is 0.340 e. The molecule has 0 spiro atoms. The first kappa shape index (κ1) is 20.7. The van der Waals surface area contributed by atoms with Gasteiger partial charge in [-0.2, -0.15) is 16.9 Å². The number of hydrogen-bond acceptors (Lipinski definition) is 4. The van der Waals surface area contributed by atoms with Crippen LogP contribution in [-0.2, 0) is 11.2 Å². The molecule has 0 aliphatic heterocycles. The Morgan fingerprint density at radius 1 is 1.04 bits per heavy atom. The van der Waals surface area contributed by atoms with Crippen LogP contribution >= 0.6 is 11.8 Å². The SMILES string of the molecule is CSCC[C@H](NC(=O)c1ccccc1)C(=O)N/N=C(/C)Cc1ccccc1. The van der Waals surface area contributed by atoms with Gasteiger partial charge >= 0.3 is 0 Å². The van der Waals surface area contributed by atoms with Crippen molar-refractivity contribution in [3.63, 3.8) is 0 Å². The minimum absolute atomic E-state index is 0.262. The van der Waals surface area contributed by atoms with Crippen LogP contribution in [0.3, 0.4) is 0 Å². The number of amides is 2. The first-order chi connectivity index (χ1) is 13.1. The number of nitrogens with one attached hydrogen (secondary N) is 2. The summed E-state index contributed by atoms with van der Waals surface area (Å²) >= 11 is 1.63. The fraction of sp³-hybridized carbons (Fsp3) is 0.286. The van der Waals surface area contributed by atoms with Gasteiger partial charge in [0.15, 0.2) is 0 Å². The van der Waals surface area contributed by atoms with E-state index in [2.05, 4.69) is 15.8 Å². The Morgan fingerprint density at radius 3 is 2.30 bits per heavy atom. The summed E-state index contributed by atoms with van der Waals surface area (Å²) in [6.07, 6.45) is 3.17. The van der Waals surface area contributed by atoms with Gasteiger partial charge in [0.1, 0.15) is 6.04 Å². The predicted octanol–water partition coefficient (Wildman–Crippen LogP) is 3.27. The second-order valence-electron chi connectivity index (χ2n) is 6.16. The molecule has 2 amide bonds. The van der Waals surface area contributed by atoms with E-state index in [-0.39, 0.29) is 11.8 Å². The van der Waals surface area contributed by atoms with E-state index in [1.807, 2.05) is 49.6 Å². The van der Waals surface area contributed by atoms with Crippen molar-refractivity contribution in [2.45, 2.75) is 25.8 Å². The van der Waals surface area contributed by atoms with Gasteiger partial charge in [-0.15, -0.1) is 0 Å². The Kier molecular flexibility index (Phi) is 8.58. The first-order valence-electron chi connectivity index (χ1n) is 8.82. The zero-order valence-corrected chi connectivity index (χ0v) is 16.5. The molecule has 0 heterocycles. The summed E-state index contributed by atoms with van der Waals surface area (Å²) in [6.45, 7) is 1.87. The Balaban J connectivity index is 1.97. The highest BCUT2D eigenvalue weighted by atomic mass is 32.2. The van der Waals surface area contributed by atoms with Crippen LogP contribution in [0.25, 0.3) is 0 Å². The monoisotopic (exact) mass is 383 g/mol. The molecule has 2 N–H and O–H groups in total. The molecule has 6 heteroatoms. The van der Waals surface area contributed by atoms with Crippen LogP contribution in [0.4, 0.5) is 0 Å². The van der Waals surface area contributed by atoms with Crippen LogP contribution in [0.1, 0.15) is 29.3 Å². The number of carbonyl (C=O) groups excluding carboxylic acids is 2. The maximum Gasteiger partial charge on any atom is 0.262 e. The van der Waals surface area contributed by atoms with E-state index in [0.717, 1.165) is 17.0 Å². The highest BCUT2D eigenvalue weighted by Gasteiger charge is 2.20. The van der Waals surface area contributed by atoms with Gasteiger partial charge in [0.05, 0.1) is 0 Å². The summed E-state index contributed by atoms with van der Waals surface area (Å²) in [5.41, 5.74) is 5.05. The van der Waals surface area contributed by atoms with Gasteiger partial charge in [0.2, 0.25) is 0 Å². The van der Waals surface area contributed by atoms with Crippen LogP contribution in [0.2, 0.25) is 0 Å². The number of benzene rings is 2. The number of nitrogens with zero attached hydrogens (tertiary/aromatic N) is 1. The van der Waals surface area contributed by atoms with E-state index >= 15 is 0 Å². The maximum atomic E-state index is 12.5. The number of rotatable bonds is 9. The molecule has 1 atom stereocenters. The summed E-state index contributed by atoms with van der Waals surface area (Å²) in [6, 6.07) is 18.2. The Bertz CT molecular complexity index is 764. The molecule has 5 nitrogen and oxygen atoms in total. The zero-order valence-electron chi connectivity index (χ0n) is 15.6. The van der Waals surface area contributed by atoms with Crippen molar-refractivity contribution in [1.82, 2.24) is 10.7 Å². The van der Waals surface area contributed by atoms with Crippen molar-refractivity contribution in [1.29, 1.82) is 0 Å². The lowest BCUT2D eigenvalue weighted by Crippen LogP contribution is -2.46. The third-order valence-corrected chi connectivity index (χ3v) is 4.57. The van der Waals surface area contributed by atoms with Crippen molar-refractivity contribution in [2.75, 3.05) is 12.0 Å². The standard InChI is InChI=1S/C21H25N3O2S/c1-16(15-17-9-5-3-6-10-17)23-24-21(26)19(13-14-27-2)22-20(25)18-11-7-4-8-12-18/h3-12,19H,13-15H2,1-2H3,(H,22,25)(H,24,26)/b23-16-/t19-/m0/s1. The molecule has 2 rings (SSSR count). The van der Waals surface area contributed by atoms with Crippen molar-refractivity contribution in [3.05, 3.63) is 71.8 Å². The number of hydrogen-bond donors (Lipinski definition) is 2. The molecule has 0 aromatic heterocycles. The second kappa shape index (κ2) is 11.2. The third-order valence-electron chi connectivity index (χ3n) is 3.93. The summed E-state index contributed by atoms with van der Waals surface area (Å²) in [7, 11) is 0. The third kappa shape index (κ3) is 7.27. The Labute approximate surface area is 164 Å². The average Bonchev–Trinajstić information content (AvgIpc) is 2.70. The fourth-order valence-corrected chi connectivity index (χ4v) is 2.97. The van der Waals surface area contributed by atoms with Gasteiger partial charge in [-0.25, -0.2) is 5.43 Å². The molecule has 0 unspecified atom stereocenters. The molecule has 0 aliphatic carbocycles. The van der Waals surface area contributed by atoms with Crippen LogP contribution in [-0.4, -0.2) is 35.6 Å². The van der Waals surface area contributed by atoms with E-state index < -0.39 is 6.04 Å². The lowest BCUT2D eigenvalue weighted by atomic mass is 10.1. The molecule has 142 valence electrons. The van der Waals surface area contributed by atoms with E-state index in [1.54, 1.807) is 36.0 Å². The van der Waals surface area contributed by atoms with Crippen LogP contribution in [0.15, 0.2) is 65.8 Å². The normalized spacial score (nSPS) is 12.3. The summed E-state index contributed by atoms with van der Waals surface area (Å²) in [4.78, 5) is 24.9. The van der Waals surface area contributed by atoms with E-state index in [9.17, 15) is 9.59 Å². The highest BCUT2D eigenvalue weighted by Crippen LogP contribution is 2.05. The molecule has 0 saturated heterocycles. The van der Waals surface area contributed by atoms with E-state index in [0.29, 0.717) is 18.4 Å². The van der Waals surface area contributed by atoms with Crippen molar-refractivity contribution in [2.24, 2.45) is 5.10 Å². The predicted molar refractivity (Wildman–Crippen MR) is 112 cm³/mol. The molecular formula is C21H25N3O2S. The average molecular weight is 384 g/mol. The zero-order chi connectivity index (χ0) is 19.5. The first-order valence-corrected chi connectivity index (χ1v) is 10.2. The van der Waals surface area contributed by atoms with Crippen molar-refractivity contribution in [3.8, 4) is 0 Å². The molecule has 0 fully saturated rings. The molecule has 0 saturated carbocycles. The second-order valence-corrected chi connectivity index (χ2v) is 7.14. The quantitative estimate of drug-likeness (QED) is 0.516. The topological polar surface area (TPSA) is 70.6 Å². The number of carbonyl (C=O) groups is 2. The van der Waals surface area contributed by atoms with Gasteiger partial charge in [-0.05, 0) is 43.0 Å². The van der Waals surface area contributed by atoms with Crippen LogP contribution in [0.5, 0.6) is 0 Å². The molecular weight excluding hydrogens is 358 g/mol. The molecule has 27 heavy (non-hydrogen) atoms. The molecule has 2 aromatic rings. The minimum Gasteiger partial charge on any atom is -0.340 e. The lowest BCUT2D eigenvalue weighted by molar-refractivity contribution is -0.123. The molecule has 0 bridgehead atoms. The van der Waals surface area contributed by atoms with Gasteiger partial charge in [-0.1, -0.05) is 48.5 Å². The van der Waals surface area contributed by atoms with Crippen molar-refractivity contribution < 1.29 is 9.59 Å². The molecule has 0 aliphatic rings. The molecule has 0 radical (unpaired) electrons. The highest BCUT2D eigenvalue weighted by molar-refractivity contribution is 7.98. The van der Waals surface area contributed by atoms with Gasteiger partial charge in [0, 0.05) is 17.7 Å². The number of hydrazone groups is 1. The Hall–Kier alpha value is -2.60. The summed E-state index contributed by atoms with van der Waals surface area (Å²) in [5, 5.41) is 7.00. The van der Waals surface area contributed by atoms with Crippen molar-refractivity contribution >= 4 is 29.3 Å². The maximum absolute atomic E-state index is 12.5. The fourth-order valence-electron chi connectivity index (χ4n) is 2.49. The Morgan fingerprint density at radius 2 is 1.67 bits per heavy atom. The lowest BCUT2D eigenvalue weighted by Gasteiger charge is -2.17.